The van der Waals surface area contributed by atoms with Crippen LogP contribution in [0.5, 0.6) is 0 Å². The van der Waals surface area contributed by atoms with Crippen LogP contribution < -0.4 is 0 Å². The summed E-state index contributed by atoms with van der Waals surface area (Å²) >= 11 is 0. The van der Waals surface area contributed by atoms with Crippen LogP contribution in [-0.4, -0.2) is 10.2 Å². The first kappa shape index (κ1) is 5.29. The number of aromatic amines is 1. The van der Waals surface area contributed by atoms with Gasteiger partial charge in [-0.05, 0) is 18.2 Å². The Kier molecular flexibility index (Phi) is 1.07. The van der Waals surface area contributed by atoms with Gasteiger partial charge in [-0.3, -0.25) is 5.10 Å². The molecule has 0 aliphatic carbocycles. The number of furan rings is 1. The smallest absolute Gasteiger partial charge is 0.151 e. The lowest BCUT2D eigenvalue weighted by molar-refractivity contribution is 0.580. The molecule has 3 heteroatoms. The lowest BCUT2D eigenvalue weighted by Gasteiger charge is -1.85. The summed E-state index contributed by atoms with van der Waals surface area (Å²) in [5.74, 6) is 0.817. The van der Waals surface area contributed by atoms with E-state index in [9.17, 15) is 0 Å². The SMILES string of the molecule is c1coc(-c2ccn[nH]2)c1. The molecular weight excluding hydrogens is 128 g/mol. The van der Waals surface area contributed by atoms with Crippen LogP contribution >= 0.6 is 0 Å². The summed E-state index contributed by atoms with van der Waals surface area (Å²) < 4.78 is 5.11. The standard InChI is InChI=1S/C7H6N2O/c1-2-7(10-5-1)6-3-4-8-9-6/h1-5H,(H,8,9). The van der Waals surface area contributed by atoms with Crippen molar-refractivity contribution in [3.05, 3.63) is 30.7 Å². The minimum absolute atomic E-state index is 0.817. The van der Waals surface area contributed by atoms with Crippen molar-refractivity contribution in [1.29, 1.82) is 0 Å². The number of nitrogens with zero attached hydrogens (tertiary/aromatic N) is 1. The Morgan fingerprint density at radius 2 is 2.40 bits per heavy atom. The second kappa shape index (κ2) is 2.02. The van der Waals surface area contributed by atoms with E-state index in [0.717, 1.165) is 11.5 Å². The number of nitrogens with one attached hydrogen (secondary N) is 1. The Labute approximate surface area is 57.7 Å². The quantitative estimate of drug-likeness (QED) is 0.644. The van der Waals surface area contributed by atoms with Gasteiger partial charge in [0, 0.05) is 6.20 Å². The maximum atomic E-state index is 5.11. The Balaban J connectivity index is 2.48. The minimum Gasteiger partial charge on any atom is -0.463 e. The van der Waals surface area contributed by atoms with Crippen LogP contribution in [0.4, 0.5) is 0 Å². The molecule has 0 bridgehead atoms. The summed E-state index contributed by atoms with van der Waals surface area (Å²) in [6.45, 7) is 0. The fourth-order valence-electron chi connectivity index (χ4n) is 0.825. The average Bonchev–Trinajstić information content (AvgIpc) is 2.59. The van der Waals surface area contributed by atoms with Gasteiger partial charge in [-0.25, -0.2) is 0 Å². The first-order valence-corrected chi connectivity index (χ1v) is 3.00. The molecule has 0 radical (unpaired) electrons. The predicted octanol–water partition coefficient (Wildman–Crippen LogP) is 1.67. The maximum absolute atomic E-state index is 5.11. The largest absolute Gasteiger partial charge is 0.463 e. The summed E-state index contributed by atoms with van der Waals surface area (Å²) in [6.07, 6.45) is 3.33. The normalized spacial score (nSPS) is 10.0. The second-order valence-electron chi connectivity index (χ2n) is 1.95. The summed E-state index contributed by atoms with van der Waals surface area (Å²) in [7, 11) is 0. The van der Waals surface area contributed by atoms with E-state index in [4.69, 9.17) is 4.42 Å². The topological polar surface area (TPSA) is 41.8 Å². The van der Waals surface area contributed by atoms with Crippen LogP contribution in [0.1, 0.15) is 0 Å². The van der Waals surface area contributed by atoms with Crippen LogP contribution in [0, 0.1) is 0 Å². The van der Waals surface area contributed by atoms with Crippen LogP contribution in [-0.2, 0) is 0 Å². The molecule has 2 rings (SSSR count). The molecule has 3 nitrogen and oxygen atoms in total. The van der Waals surface area contributed by atoms with Gasteiger partial charge < -0.3 is 4.42 Å². The van der Waals surface area contributed by atoms with Crippen molar-refractivity contribution in [2.45, 2.75) is 0 Å². The van der Waals surface area contributed by atoms with Crippen LogP contribution in [0.2, 0.25) is 0 Å². The van der Waals surface area contributed by atoms with E-state index in [1.807, 2.05) is 18.2 Å². The molecule has 0 aromatic carbocycles. The molecule has 0 amide bonds. The van der Waals surface area contributed by atoms with Gasteiger partial charge >= 0.3 is 0 Å². The van der Waals surface area contributed by atoms with Crippen molar-refractivity contribution >= 4 is 0 Å². The fourth-order valence-corrected chi connectivity index (χ4v) is 0.825. The third-order valence-corrected chi connectivity index (χ3v) is 1.29. The molecular formula is C7H6N2O. The molecule has 2 aromatic heterocycles. The van der Waals surface area contributed by atoms with E-state index >= 15 is 0 Å². The van der Waals surface area contributed by atoms with Gasteiger partial charge in [0.15, 0.2) is 5.76 Å². The summed E-state index contributed by atoms with van der Waals surface area (Å²) in [5, 5.41) is 6.59. The molecule has 0 spiro atoms. The van der Waals surface area contributed by atoms with Crippen LogP contribution in [0.3, 0.4) is 0 Å². The van der Waals surface area contributed by atoms with Gasteiger partial charge in [0.25, 0.3) is 0 Å². The highest BCUT2D eigenvalue weighted by molar-refractivity contribution is 5.50. The number of H-pyrrole nitrogens is 1. The first-order chi connectivity index (χ1) is 4.97. The van der Waals surface area contributed by atoms with Crippen LogP contribution in [0.15, 0.2) is 35.1 Å². The molecule has 10 heavy (non-hydrogen) atoms. The molecule has 0 fully saturated rings. The van der Waals surface area contributed by atoms with Crippen molar-refractivity contribution in [2.75, 3.05) is 0 Å². The molecule has 1 N–H and O–H groups in total. The molecule has 0 aliphatic rings. The number of hydrogen-bond donors (Lipinski definition) is 1. The van der Waals surface area contributed by atoms with Gasteiger partial charge in [-0.1, -0.05) is 0 Å². The number of aromatic nitrogens is 2. The second-order valence-corrected chi connectivity index (χ2v) is 1.95. The number of rotatable bonds is 1. The molecule has 2 heterocycles. The molecule has 0 atom stereocenters. The Hall–Kier alpha value is -1.51. The highest BCUT2D eigenvalue weighted by Crippen LogP contribution is 2.14. The van der Waals surface area contributed by atoms with E-state index in [1.165, 1.54) is 0 Å². The fraction of sp³-hybridized carbons (Fsp3) is 0. The zero-order chi connectivity index (χ0) is 6.81. The van der Waals surface area contributed by atoms with E-state index < -0.39 is 0 Å². The van der Waals surface area contributed by atoms with E-state index in [2.05, 4.69) is 10.2 Å². The maximum Gasteiger partial charge on any atom is 0.151 e. The lowest BCUT2D eigenvalue weighted by atomic mass is 10.3. The van der Waals surface area contributed by atoms with Crippen molar-refractivity contribution in [3.8, 4) is 11.5 Å². The van der Waals surface area contributed by atoms with Crippen molar-refractivity contribution in [3.63, 3.8) is 0 Å². The van der Waals surface area contributed by atoms with Crippen molar-refractivity contribution in [1.82, 2.24) is 10.2 Å². The Morgan fingerprint density at radius 1 is 1.40 bits per heavy atom. The van der Waals surface area contributed by atoms with Gasteiger partial charge in [-0.15, -0.1) is 0 Å². The van der Waals surface area contributed by atoms with E-state index in [-0.39, 0.29) is 0 Å². The third-order valence-electron chi connectivity index (χ3n) is 1.29. The predicted molar refractivity (Wildman–Crippen MR) is 36.3 cm³/mol. The molecule has 50 valence electrons. The summed E-state index contributed by atoms with van der Waals surface area (Å²) in [6, 6.07) is 5.59. The van der Waals surface area contributed by atoms with Gasteiger partial charge in [0.05, 0.1) is 6.26 Å². The highest BCUT2D eigenvalue weighted by atomic mass is 16.3. The zero-order valence-electron chi connectivity index (χ0n) is 5.24. The molecule has 0 aliphatic heterocycles. The first-order valence-electron chi connectivity index (χ1n) is 3.00. The zero-order valence-corrected chi connectivity index (χ0v) is 5.24. The average molecular weight is 134 g/mol. The van der Waals surface area contributed by atoms with Gasteiger partial charge in [0.2, 0.25) is 0 Å². The van der Waals surface area contributed by atoms with Crippen LogP contribution in [0.25, 0.3) is 11.5 Å². The molecule has 0 saturated heterocycles. The van der Waals surface area contributed by atoms with E-state index in [0.29, 0.717) is 0 Å². The monoisotopic (exact) mass is 134 g/mol. The number of hydrogen-bond acceptors (Lipinski definition) is 2. The van der Waals surface area contributed by atoms with Crippen molar-refractivity contribution < 1.29 is 4.42 Å². The summed E-state index contributed by atoms with van der Waals surface area (Å²) in [4.78, 5) is 0. The molecule has 2 aromatic rings. The molecule has 0 unspecified atom stereocenters. The van der Waals surface area contributed by atoms with Gasteiger partial charge in [0.1, 0.15) is 5.69 Å². The molecule has 0 saturated carbocycles. The van der Waals surface area contributed by atoms with Gasteiger partial charge in [-0.2, -0.15) is 5.10 Å². The van der Waals surface area contributed by atoms with Crippen molar-refractivity contribution in [2.24, 2.45) is 0 Å². The lowest BCUT2D eigenvalue weighted by Crippen LogP contribution is -1.70. The van der Waals surface area contributed by atoms with E-state index in [1.54, 1.807) is 12.5 Å². The highest BCUT2D eigenvalue weighted by Gasteiger charge is 1.98. The third kappa shape index (κ3) is 0.719. The summed E-state index contributed by atoms with van der Waals surface area (Å²) in [5.41, 5.74) is 0.907. The Morgan fingerprint density at radius 3 is 3.00 bits per heavy atom. The minimum atomic E-state index is 0.817. The Bertz CT molecular complexity index is 251.